The second-order valence-electron chi connectivity index (χ2n) is 3.65. The van der Waals surface area contributed by atoms with Gasteiger partial charge in [0, 0.05) is 12.5 Å². The molecule has 0 aromatic heterocycles. The Hall–Kier alpha value is -1.55. The Kier molecular flexibility index (Phi) is 4.79. The minimum absolute atomic E-state index is 0.0150. The van der Waals surface area contributed by atoms with Crippen LogP contribution >= 0.6 is 0 Å². The molecule has 0 radical (unpaired) electrons. The highest BCUT2D eigenvalue weighted by molar-refractivity contribution is 5.93. The summed E-state index contributed by atoms with van der Waals surface area (Å²) in [7, 11) is 3.41. The lowest BCUT2D eigenvalue weighted by Gasteiger charge is -2.13. The fourth-order valence-electron chi connectivity index (χ4n) is 1.40. The molecule has 16 heavy (non-hydrogen) atoms. The van der Waals surface area contributed by atoms with Crippen molar-refractivity contribution >= 4 is 11.6 Å². The first kappa shape index (κ1) is 12.5. The molecule has 0 saturated heterocycles. The van der Waals surface area contributed by atoms with Crippen molar-refractivity contribution in [1.29, 1.82) is 0 Å². The smallest absolute Gasteiger partial charge is 0.228 e. The molecule has 1 rings (SSSR count). The number of hydrogen-bond donors (Lipinski definition) is 2. The summed E-state index contributed by atoms with van der Waals surface area (Å²) >= 11 is 0. The van der Waals surface area contributed by atoms with Gasteiger partial charge in [0.2, 0.25) is 5.91 Å². The monoisotopic (exact) mass is 222 g/mol. The summed E-state index contributed by atoms with van der Waals surface area (Å²) in [5, 5.41) is 5.81. The molecule has 1 aromatic rings. The molecule has 4 heteroatoms. The highest BCUT2D eigenvalue weighted by Crippen LogP contribution is 2.23. The maximum Gasteiger partial charge on any atom is 0.228 e. The second-order valence-corrected chi connectivity index (χ2v) is 3.65. The van der Waals surface area contributed by atoms with Crippen LogP contribution in [0.1, 0.15) is 6.92 Å². The molecule has 4 nitrogen and oxygen atoms in total. The average Bonchev–Trinajstić information content (AvgIpc) is 2.30. The van der Waals surface area contributed by atoms with Crippen LogP contribution in [0, 0.1) is 5.92 Å². The number of hydrogen-bond acceptors (Lipinski definition) is 3. The minimum Gasteiger partial charge on any atom is -0.495 e. The third-order valence-electron chi connectivity index (χ3n) is 2.32. The average molecular weight is 222 g/mol. The van der Waals surface area contributed by atoms with Crippen molar-refractivity contribution in [1.82, 2.24) is 5.32 Å². The molecule has 0 saturated carbocycles. The number of nitrogens with one attached hydrogen (secondary N) is 2. The second kappa shape index (κ2) is 6.12. The molecule has 0 aliphatic heterocycles. The van der Waals surface area contributed by atoms with E-state index in [1.54, 1.807) is 7.11 Å². The van der Waals surface area contributed by atoms with E-state index >= 15 is 0 Å². The van der Waals surface area contributed by atoms with E-state index in [2.05, 4.69) is 10.6 Å². The molecule has 0 heterocycles. The van der Waals surface area contributed by atoms with Gasteiger partial charge in [0.15, 0.2) is 0 Å². The van der Waals surface area contributed by atoms with E-state index < -0.39 is 0 Å². The van der Waals surface area contributed by atoms with Gasteiger partial charge in [-0.05, 0) is 19.2 Å². The van der Waals surface area contributed by atoms with Gasteiger partial charge >= 0.3 is 0 Å². The van der Waals surface area contributed by atoms with Crippen LogP contribution in [0.5, 0.6) is 5.75 Å². The number of anilines is 1. The Morgan fingerprint density at radius 2 is 2.12 bits per heavy atom. The van der Waals surface area contributed by atoms with Crippen LogP contribution in [0.15, 0.2) is 24.3 Å². The van der Waals surface area contributed by atoms with Gasteiger partial charge < -0.3 is 15.4 Å². The highest BCUT2D eigenvalue weighted by atomic mass is 16.5. The third kappa shape index (κ3) is 3.24. The number of carbonyl (C=O) groups is 1. The van der Waals surface area contributed by atoms with Gasteiger partial charge in [-0.25, -0.2) is 0 Å². The molecule has 0 aliphatic rings. The number of ether oxygens (including phenoxy) is 1. The van der Waals surface area contributed by atoms with E-state index in [-0.39, 0.29) is 11.8 Å². The fourth-order valence-corrected chi connectivity index (χ4v) is 1.40. The summed E-state index contributed by atoms with van der Waals surface area (Å²) in [6.45, 7) is 2.53. The van der Waals surface area contributed by atoms with E-state index in [1.807, 2.05) is 38.2 Å². The van der Waals surface area contributed by atoms with Crippen LogP contribution < -0.4 is 15.4 Å². The van der Waals surface area contributed by atoms with E-state index in [4.69, 9.17) is 4.74 Å². The highest BCUT2D eigenvalue weighted by Gasteiger charge is 2.13. The number of amides is 1. The number of para-hydroxylation sites is 2. The SMILES string of the molecule is CNCC(C)C(=O)Nc1ccccc1OC. The molecule has 0 aliphatic carbocycles. The zero-order valence-corrected chi connectivity index (χ0v) is 9.91. The van der Waals surface area contributed by atoms with Crippen LogP contribution in [-0.2, 0) is 4.79 Å². The zero-order chi connectivity index (χ0) is 12.0. The summed E-state index contributed by atoms with van der Waals surface area (Å²) in [5.74, 6) is 0.585. The third-order valence-corrected chi connectivity index (χ3v) is 2.32. The number of benzene rings is 1. The van der Waals surface area contributed by atoms with Gasteiger partial charge in [-0.1, -0.05) is 19.1 Å². The molecular formula is C12H18N2O2. The summed E-state index contributed by atoms with van der Waals surface area (Å²) in [5.41, 5.74) is 0.706. The first-order valence-electron chi connectivity index (χ1n) is 5.27. The Balaban J connectivity index is 2.69. The standard InChI is InChI=1S/C12H18N2O2/c1-9(8-13-2)12(15)14-10-6-4-5-7-11(10)16-3/h4-7,9,13H,8H2,1-3H3,(H,14,15). The predicted molar refractivity (Wildman–Crippen MR) is 64.7 cm³/mol. The predicted octanol–water partition coefficient (Wildman–Crippen LogP) is 1.49. The molecule has 1 unspecified atom stereocenters. The minimum atomic E-state index is -0.0742. The molecular weight excluding hydrogens is 204 g/mol. The first-order chi connectivity index (χ1) is 7.69. The van der Waals surface area contributed by atoms with E-state index in [0.717, 1.165) is 0 Å². The molecule has 0 bridgehead atoms. The van der Waals surface area contributed by atoms with Gasteiger partial charge in [0.05, 0.1) is 12.8 Å². The molecule has 88 valence electrons. The Bertz CT molecular complexity index is 353. The normalized spacial score (nSPS) is 11.9. The van der Waals surface area contributed by atoms with Crippen molar-refractivity contribution in [3.63, 3.8) is 0 Å². The number of carbonyl (C=O) groups excluding carboxylic acids is 1. The van der Waals surface area contributed by atoms with Crippen LogP contribution in [0.2, 0.25) is 0 Å². The summed E-state index contributed by atoms with van der Waals surface area (Å²) in [4.78, 5) is 11.8. The van der Waals surface area contributed by atoms with Crippen molar-refractivity contribution in [3.05, 3.63) is 24.3 Å². The van der Waals surface area contributed by atoms with E-state index in [1.165, 1.54) is 0 Å². The fraction of sp³-hybridized carbons (Fsp3) is 0.417. The lowest BCUT2D eigenvalue weighted by atomic mass is 10.1. The summed E-state index contributed by atoms with van der Waals surface area (Å²) < 4.78 is 5.16. The first-order valence-corrected chi connectivity index (χ1v) is 5.27. The van der Waals surface area contributed by atoms with Crippen molar-refractivity contribution in [2.75, 3.05) is 26.0 Å². The Morgan fingerprint density at radius 1 is 1.44 bits per heavy atom. The Labute approximate surface area is 96.0 Å². The molecule has 1 amide bonds. The maximum absolute atomic E-state index is 11.8. The molecule has 1 atom stereocenters. The van der Waals surface area contributed by atoms with E-state index in [0.29, 0.717) is 18.0 Å². The summed E-state index contributed by atoms with van der Waals surface area (Å²) in [6, 6.07) is 7.37. The van der Waals surface area contributed by atoms with Gasteiger partial charge in [-0.3, -0.25) is 4.79 Å². The topological polar surface area (TPSA) is 50.4 Å². The number of rotatable bonds is 5. The molecule has 0 fully saturated rings. The van der Waals surface area contributed by atoms with Gasteiger partial charge in [-0.2, -0.15) is 0 Å². The summed E-state index contributed by atoms with van der Waals surface area (Å²) in [6.07, 6.45) is 0. The van der Waals surface area contributed by atoms with Crippen LogP contribution in [-0.4, -0.2) is 26.6 Å². The van der Waals surface area contributed by atoms with E-state index in [9.17, 15) is 4.79 Å². The lowest BCUT2D eigenvalue weighted by Crippen LogP contribution is -2.28. The quantitative estimate of drug-likeness (QED) is 0.793. The van der Waals surface area contributed by atoms with Gasteiger partial charge in [0.25, 0.3) is 0 Å². The van der Waals surface area contributed by atoms with Crippen LogP contribution in [0.25, 0.3) is 0 Å². The van der Waals surface area contributed by atoms with Crippen LogP contribution in [0.3, 0.4) is 0 Å². The van der Waals surface area contributed by atoms with Crippen molar-refractivity contribution < 1.29 is 9.53 Å². The lowest BCUT2D eigenvalue weighted by molar-refractivity contribution is -0.119. The molecule has 1 aromatic carbocycles. The maximum atomic E-state index is 11.8. The van der Waals surface area contributed by atoms with Crippen molar-refractivity contribution in [2.24, 2.45) is 5.92 Å². The van der Waals surface area contributed by atoms with Crippen molar-refractivity contribution in [3.8, 4) is 5.75 Å². The number of methoxy groups -OCH3 is 1. The zero-order valence-electron chi connectivity index (χ0n) is 9.91. The van der Waals surface area contributed by atoms with Gasteiger partial charge in [-0.15, -0.1) is 0 Å². The van der Waals surface area contributed by atoms with Crippen LogP contribution in [0.4, 0.5) is 5.69 Å². The Morgan fingerprint density at radius 3 is 2.75 bits per heavy atom. The van der Waals surface area contributed by atoms with Gasteiger partial charge in [0.1, 0.15) is 5.75 Å². The molecule has 0 spiro atoms. The van der Waals surface area contributed by atoms with Crippen molar-refractivity contribution in [2.45, 2.75) is 6.92 Å². The largest absolute Gasteiger partial charge is 0.495 e. The molecule has 2 N–H and O–H groups in total.